The van der Waals surface area contributed by atoms with E-state index in [1.165, 1.54) is 13.2 Å². The van der Waals surface area contributed by atoms with Gasteiger partial charge in [-0.1, -0.05) is 0 Å². The maximum absolute atomic E-state index is 11.6. The molecular formula is C12H20N4O2. The van der Waals surface area contributed by atoms with Gasteiger partial charge in [-0.2, -0.15) is 0 Å². The fourth-order valence-corrected chi connectivity index (χ4v) is 1.51. The molecule has 0 aliphatic rings. The van der Waals surface area contributed by atoms with Gasteiger partial charge < -0.3 is 20.7 Å². The van der Waals surface area contributed by atoms with Crippen LogP contribution in [-0.2, 0) is 4.74 Å². The van der Waals surface area contributed by atoms with E-state index in [1.54, 1.807) is 6.20 Å². The van der Waals surface area contributed by atoms with Crippen molar-refractivity contribution in [1.29, 1.82) is 0 Å². The predicted octanol–water partition coefficient (Wildman–Crippen LogP) is 0.814. The molecule has 1 heterocycles. The summed E-state index contributed by atoms with van der Waals surface area (Å²) in [6.45, 7) is 1.73. The molecule has 0 bridgehead atoms. The Labute approximate surface area is 107 Å². The minimum atomic E-state index is -0.417. The highest BCUT2D eigenvalue weighted by atomic mass is 16.5. The Bertz CT molecular complexity index is 407. The van der Waals surface area contributed by atoms with E-state index < -0.39 is 5.97 Å². The minimum absolute atomic E-state index is 0.300. The summed E-state index contributed by atoms with van der Waals surface area (Å²) in [4.78, 5) is 17.6. The van der Waals surface area contributed by atoms with Crippen LogP contribution in [0.2, 0.25) is 0 Å². The van der Waals surface area contributed by atoms with Crippen molar-refractivity contribution in [2.75, 3.05) is 45.3 Å². The van der Waals surface area contributed by atoms with Crippen LogP contribution in [0.3, 0.4) is 0 Å². The molecule has 0 spiro atoms. The smallest absolute Gasteiger partial charge is 0.340 e. The van der Waals surface area contributed by atoms with E-state index in [4.69, 9.17) is 10.5 Å². The van der Waals surface area contributed by atoms with Crippen LogP contribution in [0.15, 0.2) is 12.3 Å². The van der Waals surface area contributed by atoms with E-state index in [1.807, 2.05) is 14.1 Å². The van der Waals surface area contributed by atoms with Crippen molar-refractivity contribution < 1.29 is 9.53 Å². The van der Waals surface area contributed by atoms with Crippen LogP contribution in [0.4, 0.5) is 11.5 Å². The van der Waals surface area contributed by atoms with E-state index in [0.29, 0.717) is 17.1 Å². The zero-order valence-corrected chi connectivity index (χ0v) is 11.1. The predicted molar refractivity (Wildman–Crippen MR) is 71.6 cm³/mol. The third-order valence-electron chi connectivity index (χ3n) is 2.43. The Hall–Kier alpha value is -1.82. The summed E-state index contributed by atoms with van der Waals surface area (Å²) in [6.07, 6.45) is 2.52. The number of ether oxygens (including phenoxy) is 1. The lowest BCUT2D eigenvalue weighted by Crippen LogP contribution is -2.17. The number of aromatic nitrogens is 1. The first-order chi connectivity index (χ1) is 8.54. The second-order valence-corrected chi connectivity index (χ2v) is 4.23. The van der Waals surface area contributed by atoms with Crippen LogP contribution in [-0.4, -0.2) is 50.1 Å². The molecule has 6 heteroatoms. The summed E-state index contributed by atoms with van der Waals surface area (Å²) in [7, 11) is 5.38. The van der Waals surface area contributed by atoms with Gasteiger partial charge in [0.2, 0.25) is 0 Å². The molecule has 1 rings (SSSR count). The number of methoxy groups -OCH3 is 1. The monoisotopic (exact) mass is 252 g/mol. The average molecular weight is 252 g/mol. The zero-order chi connectivity index (χ0) is 13.5. The fraction of sp³-hybridized carbons (Fsp3) is 0.500. The topological polar surface area (TPSA) is 80.5 Å². The van der Waals surface area contributed by atoms with Gasteiger partial charge in [0.15, 0.2) is 0 Å². The Morgan fingerprint density at radius 1 is 1.56 bits per heavy atom. The summed E-state index contributed by atoms with van der Waals surface area (Å²) in [5.41, 5.74) is 6.62. The van der Waals surface area contributed by atoms with E-state index in [-0.39, 0.29) is 0 Å². The fourth-order valence-electron chi connectivity index (χ4n) is 1.51. The van der Waals surface area contributed by atoms with Gasteiger partial charge in [-0.15, -0.1) is 0 Å². The van der Waals surface area contributed by atoms with Gasteiger partial charge in [-0.3, -0.25) is 0 Å². The van der Waals surface area contributed by atoms with Gasteiger partial charge in [0.1, 0.15) is 5.82 Å². The summed E-state index contributed by atoms with van der Waals surface area (Å²) < 4.78 is 4.71. The molecular weight excluding hydrogens is 232 g/mol. The standard InChI is InChI=1S/C12H20N4O2/c1-16(2)6-4-5-14-10-8-15-11(13)7-9(10)12(17)18-3/h7-8,14H,4-6H2,1-3H3,(H2,13,15). The molecule has 0 aliphatic carbocycles. The van der Waals surface area contributed by atoms with Crippen molar-refractivity contribution in [3.63, 3.8) is 0 Å². The van der Waals surface area contributed by atoms with Crippen molar-refractivity contribution in [2.24, 2.45) is 0 Å². The molecule has 0 fully saturated rings. The quantitative estimate of drug-likeness (QED) is 0.576. The first-order valence-corrected chi connectivity index (χ1v) is 5.77. The molecule has 0 aromatic carbocycles. The number of carbonyl (C=O) groups is 1. The molecule has 0 aliphatic heterocycles. The lowest BCUT2D eigenvalue weighted by atomic mass is 10.2. The maximum Gasteiger partial charge on any atom is 0.340 e. The number of nitrogens with one attached hydrogen (secondary N) is 1. The molecule has 0 saturated heterocycles. The summed E-state index contributed by atoms with van der Waals surface area (Å²) in [5.74, 6) is -0.117. The SMILES string of the molecule is COC(=O)c1cc(N)ncc1NCCCN(C)C. The van der Waals surface area contributed by atoms with Gasteiger partial charge >= 0.3 is 5.97 Å². The number of anilines is 2. The summed E-state index contributed by atoms with van der Waals surface area (Å²) in [5, 5.41) is 3.17. The van der Waals surface area contributed by atoms with E-state index in [9.17, 15) is 4.79 Å². The van der Waals surface area contributed by atoms with Crippen LogP contribution >= 0.6 is 0 Å². The van der Waals surface area contributed by atoms with Crippen LogP contribution in [0.5, 0.6) is 0 Å². The molecule has 3 N–H and O–H groups in total. The van der Waals surface area contributed by atoms with Crippen LogP contribution in [0, 0.1) is 0 Å². The van der Waals surface area contributed by atoms with Gasteiger partial charge in [0.25, 0.3) is 0 Å². The molecule has 0 amide bonds. The first-order valence-electron chi connectivity index (χ1n) is 5.77. The molecule has 1 aromatic heterocycles. The molecule has 6 nitrogen and oxygen atoms in total. The molecule has 0 radical (unpaired) electrons. The number of nitrogen functional groups attached to an aromatic ring is 1. The average Bonchev–Trinajstić information content (AvgIpc) is 2.34. The second-order valence-electron chi connectivity index (χ2n) is 4.23. The van der Waals surface area contributed by atoms with Crippen molar-refractivity contribution in [2.45, 2.75) is 6.42 Å². The zero-order valence-electron chi connectivity index (χ0n) is 11.1. The lowest BCUT2D eigenvalue weighted by Gasteiger charge is -2.12. The Morgan fingerprint density at radius 3 is 2.89 bits per heavy atom. The first kappa shape index (κ1) is 14.2. The number of pyridine rings is 1. The number of hydrogen-bond acceptors (Lipinski definition) is 6. The maximum atomic E-state index is 11.6. The van der Waals surface area contributed by atoms with Crippen molar-refractivity contribution >= 4 is 17.5 Å². The van der Waals surface area contributed by atoms with Crippen LogP contribution in [0.25, 0.3) is 0 Å². The molecule has 1 aromatic rings. The van der Waals surface area contributed by atoms with E-state index in [2.05, 4.69) is 15.2 Å². The number of esters is 1. The van der Waals surface area contributed by atoms with Crippen molar-refractivity contribution in [3.05, 3.63) is 17.8 Å². The molecule has 0 unspecified atom stereocenters. The number of hydrogen-bond donors (Lipinski definition) is 2. The number of nitrogens with two attached hydrogens (primary N) is 1. The van der Waals surface area contributed by atoms with Gasteiger partial charge in [-0.05, 0) is 33.1 Å². The van der Waals surface area contributed by atoms with E-state index >= 15 is 0 Å². The largest absolute Gasteiger partial charge is 0.465 e. The molecule has 0 saturated carbocycles. The summed E-state index contributed by atoms with van der Waals surface area (Å²) in [6, 6.07) is 1.51. The molecule has 18 heavy (non-hydrogen) atoms. The normalized spacial score (nSPS) is 10.4. The van der Waals surface area contributed by atoms with Gasteiger partial charge in [-0.25, -0.2) is 9.78 Å². The number of nitrogens with zero attached hydrogens (tertiary/aromatic N) is 2. The Kier molecular flexibility index (Phi) is 5.38. The van der Waals surface area contributed by atoms with E-state index in [0.717, 1.165) is 19.5 Å². The Morgan fingerprint density at radius 2 is 2.28 bits per heavy atom. The highest BCUT2D eigenvalue weighted by molar-refractivity contribution is 5.96. The van der Waals surface area contributed by atoms with Gasteiger partial charge in [0, 0.05) is 6.54 Å². The third-order valence-corrected chi connectivity index (χ3v) is 2.43. The number of rotatable bonds is 6. The second kappa shape index (κ2) is 6.80. The summed E-state index contributed by atoms with van der Waals surface area (Å²) >= 11 is 0. The molecule has 100 valence electrons. The lowest BCUT2D eigenvalue weighted by molar-refractivity contribution is 0.0601. The van der Waals surface area contributed by atoms with Crippen molar-refractivity contribution in [1.82, 2.24) is 9.88 Å². The Balaban J connectivity index is 2.66. The van der Waals surface area contributed by atoms with Crippen LogP contribution in [0.1, 0.15) is 16.8 Å². The molecule has 0 atom stereocenters. The highest BCUT2D eigenvalue weighted by Gasteiger charge is 2.12. The highest BCUT2D eigenvalue weighted by Crippen LogP contribution is 2.17. The minimum Gasteiger partial charge on any atom is -0.465 e. The van der Waals surface area contributed by atoms with Crippen molar-refractivity contribution in [3.8, 4) is 0 Å². The third kappa shape index (κ3) is 4.21. The number of carbonyl (C=O) groups excluding carboxylic acids is 1. The van der Waals surface area contributed by atoms with Crippen LogP contribution < -0.4 is 11.1 Å². The van der Waals surface area contributed by atoms with Gasteiger partial charge in [0.05, 0.1) is 24.6 Å².